The van der Waals surface area contributed by atoms with Crippen LogP contribution in [-0.4, -0.2) is 6.21 Å². The van der Waals surface area contributed by atoms with Crippen molar-refractivity contribution in [3.05, 3.63) is 42.5 Å². The Balaban J connectivity index is 1.48. The van der Waals surface area contributed by atoms with Gasteiger partial charge in [0.1, 0.15) is 0 Å². The zero-order valence-electron chi connectivity index (χ0n) is 13.3. The van der Waals surface area contributed by atoms with E-state index in [4.69, 9.17) is 0 Å². The minimum atomic E-state index is 0.398. The van der Waals surface area contributed by atoms with Crippen molar-refractivity contribution in [3.8, 4) is 0 Å². The lowest BCUT2D eigenvalue weighted by atomic mass is 9.50. The Labute approximate surface area is 133 Å². The van der Waals surface area contributed by atoms with E-state index >= 15 is 0 Å². The van der Waals surface area contributed by atoms with Crippen LogP contribution in [0.1, 0.15) is 44.1 Å². The highest BCUT2D eigenvalue weighted by Crippen LogP contribution is 2.59. The third-order valence-corrected chi connectivity index (χ3v) is 5.99. The smallest absolute Gasteiger partial charge is 0.0596 e. The van der Waals surface area contributed by atoms with Gasteiger partial charge in [-0.25, -0.2) is 0 Å². The molecule has 2 nitrogen and oxygen atoms in total. The van der Waals surface area contributed by atoms with Gasteiger partial charge in [-0.15, -0.1) is 6.58 Å². The van der Waals surface area contributed by atoms with Gasteiger partial charge in [-0.2, -0.15) is 5.10 Å². The molecule has 0 spiro atoms. The fourth-order valence-electron chi connectivity index (χ4n) is 5.54. The fourth-order valence-corrected chi connectivity index (χ4v) is 5.54. The molecule has 0 saturated heterocycles. The Morgan fingerprint density at radius 1 is 1.09 bits per heavy atom. The number of allylic oxidation sites excluding steroid dienone is 1. The highest BCUT2D eigenvalue weighted by Gasteiger charge is 2.50. The lowest BCUT2D eigenvalue weighted by Crippen LogP contribution is -2.46. The normalized spacial score (nSPS) is 35.9. The first-order chi connectivity index (χ1) is 10.8. The lowest BCUT2D eigenvalue weighted by molar-refractivity contribution is -0.00963. The zero-order chi connectivity index (χ0) is 15.0. The molecule has 4 aliphatic carbocycles. The third-order valence-electron chi connectivity index (χ3n) is 5.99. The molecular weight excluding hydrogens is 268 g/mol. The lowest BCUT2D eigenvalue weighted by Gasteiger charge is -2.55. The number of nitrogens with zero attached hydrogens (tertiary/aromatic N) is 1. The van der Waals surface area contributed by atoms with Gasteiger partial charge >= 0.3 is 0 Å². The predicted octanol–water partition coefficient (Wildman–Crippen LogP) is 5.03. The molecule has 4 saturated carbocycles. The highest BCUT2D eigenvalue weighted by molar-refractivity contribution is 5.68. The van der Waals surface area contributed by atoms with Crippen molar-refractivity contribution in [2.24, 2.45) is 28.3 Å². The first kappa shape index (κ1) is 14.0. The van der Waals surface area contributed by atoms with Crippen LogP contribution < -0.4 is 5.43 Å². The summed E-state index contributed by atoms with van der Waals surface area (Å²) in [7, 11) is 0. The summed E-state index contributed by atoms with van der Waals surface area (Å²) in [5.74, 6) is 2.93. The van der Waals surface area contributed by atoms with E-state index in [0.29, 0.717) is 5.41 Å². The second kappa shape index (κ2) is 5.57. The Morgan fingerprint density at radius 3 is 2.36 bits per heavy atom. The molecule has 5 rings (SSSR count). The monoisotopic (exact) mass is 294 g/mol. The first-order valence-electron chi connectivity index (χ1n) is 8.75. The Morgan fingerprint density at radius 2 is 1.73 bits per heavy atom. The second-order valence-electron chi connectivity index (χ2n) is 7.80. The Kier molecular flexibility index (Phi) is 3.56. The molecular formula is C20H26N2. The van der Waals surface area contributed by atoms with Crippen LogP contribution in [0.4, 0.5) is 5.69 Å². The number of para-hydroxylation sites is 1. The van der Waals surface area contributed by atoms with Crippen LogP contribution in [0, 0.1) is 23.2 Å². The van der Waals surface area contributed by atoms with E-state index in [1.165, 1.54) is 44.1 Å². The zero-order valence-corrected chi connectivity index (χ0v) is 13.3. The summed E-state index contributed by atoms with van der Waals surface area (Å²) in [4.78, 5) is 0. The van der Waals surface area contributed by atoms with E-state index in [1.807, 2.05) is 6.08 Å². The number of nitrogens with one attached hydrogen (secondary N) is 1. The maximum absolute atomic E-state index is 4.67. The van der Waals surface area contributed by atoms with Crippen LogP contribution >= 0.6 is 0 Å². The van der Waals surface area contributed by atoms with Crippen LogP contribution in [-0.2, 0) is 6.42 Å². The largest absolute Gasteiger partial charge is 0.279 e. The van der Waals surface area contributed by atoms with Gasteiger partial charge < -0.3 is 0 Å². The fraction of sp³-hybridized carbons (Fsp3) is 0.550. The van der Waals surface area contributed by atoms with Crippen LogP contribution in [0.25, 0.3) is 0 Å². The van der Waals surface area contributed by atoms with Gasteiger partial charge in [0, 0.05) is 11.6 Å². The van der Waals surface area contributed by atoms with E-state index in [1.54, 1.807) is 0 Å². The van der Waals surface area contributed by atoms with Gasteiger partial charge in [0.2, 0.25) is 0 Å². The molecule has 0 atom stereocenters. The first-order valence-corrected chi connectivity index (χ1v) is 8.75. The number of hydrazone groups is 1. The average molecular weight is 294 g/mol. The minimum Gasteiger partial charge on any atom is -0.279 e. The van der Waals surface area contributed by atoms with Crippen molar-refractivity contribution >= 4 is 11.9 Å². The third kappa shape index (κ3) is 2.60. The quantitative estimate of drug-likeness (QED) is 0.460. The number of hydrogen-bond acceptors (Lipinski definition) is 2. The van der Waals surface area contributed by atoms with Crippen LogP contribution in [0.2, 0.25) is 0 Å². The molecule has 1 aromatic rings. The molecule has 4 fully saturated rings. The topological polar surface area (TPSA) is 24.4 Å². The van der Waals surface area contributed by atoms with Crippen LogP contribution in [0.15, 0.2) is 42.0 Å². The SMILES string of the molecule is C=CCc1ccccc1N/N=C/C12CC3CC(CC(C3)C1)C2. The van der Waals surface area contributed by atoms with Crippen molar-refractivity contribution in [2.45, 2.75) is 44.9 Å². The molecule has 116 valence electrons. The molecule has 22 heavy (non-hydrogen) atoms. The number of rotatable bonds is 5. The molecule has 0 aromatic heterocycles. The van der Waals surface area contributed by atoms with Crippen LogP contribution in [0.3, 0.4) is 0 Å². The molecule has 2 heteroatoms. The number of hydrogen-bond donors (Lipinski definition) is 1. The van der Waals surface area contributed by atoms with Gasteiger partial charge in [-0.3, -0.25) is 5.43 Å². The maximum Gasteiger partial charge on any atom is 0.0596 e. The molecule has 4 aliphatic rings. The van der Waals surface area contributed by atoms with Gasteiger partial charge in [-0.1, -0.05) is 24.3 Å². The summed E-state index contributed by atoms with van der Waals surface area (Å²) in [6.45, 7) is 3.84. The summed E-state index contributed by atoms with van der Waals surface area (Å²) < 4.78 is 0. The van der Waals surface area contributed by atoms with Gasteiger partial charge in [0.25, 0.3) is 0 Å². The van der Waals surface area contributed by atoms with E-state index in [0.717, 1.165) is 29.9 Å². The van der Waals surface area contributed by atoms with Gasteiger partial charge in [0.15, 0.2) is 0 Å². The van der Waals surface area contributed by atoms with Gasteiger partial charge in [0.05, 0.1) is 5.69 Å². The highest BCUT2D eigenvalue weighted by atomic mass is 15.3. The summed E-state index contributed by atoms with van der Waals surface area (Å²) in [5, 5.41) is 4.67. The van der Waals surface area contributed by atoms with E-state index in [-0.39, 0.29) is 0 Å². The summed E-state index contributed by atoms with van der Waals surface area (Å²) in [6, 6.07) is 8.39. The molecule has 1 aromatic carbocycles. The number of benzene rings is 1. The van der Waals surface area contributed by atoms with E-state index < -0.39 is 0 Å². The molecule has 0 aliphatic heterocycles. The summed E-state index contributed by atoms with van der Waals surface area (Å²) >= 11 is 0. The molecule has 0 heterocycles. The van der Waals surface area contributed by atoms with Crippen molar-refractivity contribution in [2.75, 3.05) is 5.43 Å². The maximum atomic E-state index is 4.67. The van der Waals surface area contributed by atoms with Crippen LogP contribution in [0.5, 0.6) is 0 Å². The predicted molar refractivity (Wildman–Crippen MR) is 93.1 cm³/mol. The van der Waals surface area contributed by atoms with Crippen molar-refractivity contribution in [3.63, 3.8) is 0 Å². The molecule has 4 bridgehead atoms. The van der Waals surface area contributed by atoms with E-state index in [2.05, 4.69) is 47.6 Å². The average Bonchev–Trinajstić information content (AvgIpc) is 2.48. The Bertz CT molecular complexity index is 552. The summed E-state index contributed by atoms with van der Waals surface area (Å²) in [6.07, 6.45) is 13.7. The van der Waals surface area contributed by atoms with Crippen molar-refractivity contribution in [1.82, 2.24) is 0 Å². The van der Waals surface area contributed by atoms with E-state index in [9.17, 15) is 0 Å². The van der Waals surface area contributed by atoms with Crippen molar-refractivity contribution < 1.29 is 0 Å². The molecule has 1 N–H and O–H groups in total. The van der Waals surface area contributed by atoms with Crippen molar-refractivity contribution in [1.29, 1.82) is 0 Å². The summed E-state index contributed by atoms with van der Waals surface area (Å²) in [5.41, 5.74) is 6.07. The molecule has 0 amide bonds. The second-order valence-corrected chi connectivity index (χ2v) is 7.80. The van der Waals surface area contributed by atoms with Gasteiger partial charge in [-0.05, 0) is 74.3 Å². The standard InChI is InChI=1S/C20H26N2/c1-2-5-18-6-3-4-7-19(18)22-21-14-20-11-15-8-16(12-20)10-17(9-15)13-20/h2-4,6-7,14-17,22H,1,5,8-13H2/b21-14+. The molecule has 0 unspecified atom stereocenters. The number of anilines is 1. The molecule has 0 radical (unpaired) electrons. The minimum absolute atomic E-state index is 0.398. The Hall–Kier alpha value is -1.57.